The van der Waals surface area contributed by atoms with Gasteiger partial charge >= 0.3 is 12.2 Å². The van der Waals surface area contributed by atoms with Crippen LogP contribution in [0.25, 0.3) is 0 Å². The van der Waals surface area contributed by atoms with Gasteiger partial charge in [-0.2, -0.15) is 0 Å². The van der Waals surface area contributed by atoms with E-state index < -0.39 is 17.3 Å². The lowest BCUT2D eigenvalue weighted by Crippen LogP contribution is -2.40. The Labute approximate surface area is 148 Å². The molecule has 0 unspecified atom stereocenters. The van der Waals surface area contributed by atoms with E-state index in [4.69, 9.17) is 9.47 Å². The molecule has 25 heavy (non-hydrogen) atoms. The Balaban J connectivity index is 2.01. The van der Waals surface area contributed by atoms with E-state index in [0.717, 1.165) is 11.3 Å². The lowest BCUT2D eigenvalue weighted by molar-refractivity contribution is 0.0222. The molecule has 2 rings (SSSR count). The molecule has 0 fully saturated rings. The number of aromatic nitrogens is 1. The zero-order valence-corrected chi connectivity index (χ0v) is 15.8. The molecule has 1 N–H and O–H groups in total. The number of rotatable bonds is 1. The molecule has 2 heterocycles. The molecule has 0 saturated carbocycles. The van der Waals surface area contributed by atoms with Gasteiger partial charge in [-0.25, -0.2) is 14.6 Å². The summed E-state index contributed by atoms with van der Waals surface area (Å²) in [5.74, 6) is 0.443. The summed E-state index contributed by atoms with van der Waals surface area (Å²) in [6, 6.07) is 3.58. The molecule has 0 aromatic carbocycles. The van der Waals surface area contributed by atoms with Crippen LogP contribution in [0.1, 0.15) is 52.8 Å². The van der Waals surface area contributed by atoms with Crippen molar-refractivity contribution in [1.29, 1.82) is 0 Å². The highest BCUT2D eigenvalue weighted by molar-refractivity contribution is 5.83. The molecule has 0 spiro atoms. The first-order chi connectivity index (χ1) is 11.4. The molecule has 2 amide bonds. The topological polar surface area (TPSA) is 80.8 Å². The molecule has 138 valence electrons. The van der Waals surface area contributed by atoms with Gasteiger partial charge < -0.3 is 14.4 Å². The van der Waals surface area contributed by atoms with E-state index in [2.05, 4.69) is 10.3 Å². The first-order valence-electron chi connectivity index (χ1n) is 8.40. The fourth-order valence-corrected chi connectivity index (χ4v) is 2.38. The highest BCUT2D eigenvalue weighted by atomic mass is 16.6. The minimum Gasteiger partial charge on any atom is -0.444 e. The molecule has 1 aromatic rings. The Kier molecular flexibility index (Phi) is 5.25. The smallest absolute Gasteiger partial charge is 0.413 e. The van der Waals surface area contributed by atoms with Gasteiger partial charge in [0.25, 0.3) is 0 Å². The summed E-state index contributed by atoms with van der Waals surface area (Å²) in [6.45, 7) is 11.9. The van der Waals surface area contributed by atoms with Crippen molar-refractivity contribution in [3.05, 3.63) is 23.4 Å². The Morgan fingerprint density at radius 3 is 2.32 bits per heavy atom. The molecule has 1 aliphatic heterocycles. The summed E-state index contributed by atoms with van der Waals surface area (Å²) in [6.07, 6.45) is -0.251. The Bertz CT molecular complexity index is 659. The van der Waals surface area contributed by atoms with Gasteiger partial charge in [0, 0.05) is 18.7 Å². The van der Waals surface area contributed by atoms with Crippen LogP contribution in [0, 0.1) is 0 Å². The predicted molar refractivity (Wildman–Crippen MR) is 94.4 cm³/mol. The first kappa shape index (κ1) is 19.0. The summed E-state index contributed by atoms with van der Waals surface area (Å²) in [5.41, 5.74) is 0.739. The summed E-state index contributed by atoms with van der Waals surface area (Å²) in [4.78, 5) is 30.1. The molecule has 0 aliphatic carbocycles. The highest BCUT2D eigenvalue weighted by Gasteiger charge is 2.26. The maximum Gasteiger partial charge on any atom is 0.413 e. The molecule has 1 aromatic heterocycles. The van der Waals surface area contributed by atoms with Crippen molar-refractivity contribution in [2.24, 2.45) is 0 Å². The maximum absolute atomic E-state index is 12.2. The second kappa shape index (κ2) is 6.90. The number of ether oxygens (including phenoxy) is 2. The van der Waals surface area contributed by atoms with Crippen LogP contribution in [0.3, 0.4) is 0 Å². The zero-order chi connectivity index (χ0) is 18.8. The Hall–Kier alpha value is -2.31. The standard InChI is InChI=1S/C18H27N3O4/c1-17(2,3)24-15(22)20-14-8-7-12-11-21(10-9-13(12)19-14)16(23)25-18(4,5)6/h7-8H,9-11H2,1-6H3,(H,19,20,22). The number of hydrogen-bond acceptors (Lipinski definition) is 5. The number of anilines is 1. The minimum absolute atomic E-state index is 0.325. The van der Waals surface area contributed by atoms with Crippen molar-refractivity contribution in [3.63, 3.8) is 0 Å². The summed E-state index contributed by atoms with van der Waals surface area (Å²) in [5, 5.41) is 2.64. The van der Waals surface area contributed by atoms with Gasteiger partial charge in [-0.3, -0.25) is 5.32 Å². The number of carbonyl (C=O) groups is 2. The molecular weight excluding hydrogens is 322 g/mol. The molecule has 0 atom stereocenters. The lowest BCUT2D eigenvalue weighted by Gasteiger charge is -2.30. The van der Waals surface area contributed by atoms with Gasteiger partial charge in [0.2, 0.25) is 0 Å². The minimum atomic E-state index is -0.563. The molecule has 0 radical (unpaired) electrons. The third-order valence-corrected chi connectivity index (χ3v) is 3.33. The van der Waals surface area contributed by atoms with Gasteiger partial charge in [0.05, 0.1) is 6.54 Å². The fourth-order valence-electron chi connectivity index (χ4n) is 2.38. The van der Waals surface area contributed by atoms with Gasteiger partial charge in [0.1, 0.15) is 17.0 Å². The van der Waals surface area contributed by atoms with Gasteiger partial charge in [-0.15, -0.1) is 0 Å². The largest absolute Gasteiger partial charge is 0.444 e. The van der Waals surface area contributed by atoms with Crippen molar-refractivity contribution < 1.29 is 19.1 Å². The normalized spacial score (nSPS) is 14.6. The fraction of sp³-hybridized carbons (Fsp3) is 0.611. The van der Waals surface area contributed by atoms with E-state index in [9.17, 15) is 9.59 Å². The third-order valence-electron chi connectivity index (χ3n) is 3.33. The SMILES string of the molecule is CC(C)(C)OC(=O)Nc1ccc2c(n1)CCN(C(=O)OC(C)(C)C)C2. The molecule has 7 heteroatoms. The molecule has 0 bridgehead atoms. The number of amides is 2. The zero-order valence-electron chi connectivity index (χ0n) is 15.8. The molecular formula is C18H27N3O4. The van der Waals surface area contributed by atoms with Gasteiger partial charge in [0.15, 0.2) is 0 Å². The second-order valence-electron chi connectivity index (χ2n) is 8.08. The monoisotopic (exact) mass is 349 g/mol. The summed E-state index contributed by atoms with van der Waals surface area (Å²) >= 11 is 0. The van der Waals surface area contributed by atoms with E-state index in [-0.39, 0.29) is 6.09 Å². The van der Waals surface area contributed by atoms with Crippen LogP contribution in [0.4, 0.5) is 15.4 Å². The molecule has 7 nitrogen and oxygen atoms in total. The van der Waals surface area contributed by atoms with Crippen molar-refractivity contribution in [3.8, 4) is 0 Å². The molecule has 0 saturated heterocycles. The lowest BCUT2D eigenvalue weighted by atomic mass is 10.1. The van der Waals surface area contributed by atoms with Crippen molar-refractivity contribution in [2.45, 2.75) is 65.7 Å². The number of pyridine rings is 1. The maximum atomic E-state index is 12.2. The van der Waals surface area contributed by atoms with Crippen molar-refractivity contribution >= 4 is 18.0 Å². The number of nitrogens with one attached hydrogen (secondary N) is 1. The Morgan fingerprint density at radius 1 is 1.08 bits per heavy atom. The van der Waals surface area contributed by atoms with Crippen LogP contribution in [0.15, 0.2) is 12.1 Å². The van der Waals surface area contributed by atoms with E-state index in [1.54, 1.807) is 31.7 Å². The van der Waals surface area contributed by atoms with E-state index in [1.807, 2.05) is 26.8 Å². The second-order valence-corrected chi connectivity index (χ2v) is 8.08. The predicted octanol–water partition coefficient (Wildman–Crippen LogP) is 3.72. The Morgan fingerprint density at radius 2 is 1.72 bits per heavy atom. The number of nitrogens with zero attached hydrogens (tertiary/aromatic N) is 2. The van der Waals surface area contributed by atoms with Crippen LogP contribution < -0.4 is 5.32 Å². The third kappa shape index (κ3) is 5.92. The van der Waals surface area contributed by atoms with Gasteiger partial charge in [-0.05, 0) is 53.2 Å². The van der Waals surface area contributed by atoms with E-state index in [0.29, 0.717) is 25.3 Å². The van der Waals surface area contributed by atoms with Crippen molar-refractivity contribution in [1.82, 2.24) is 9.88 Å². The van der Waals surface area contributed by atoms with Crippen LogP contribution in [0.2, 0.25) is 0 Å². The van der Waals surface area contributed by atoms with Gasteiger partial charge in [-0.1, -0.05) is 6.07 Å². The highest BCUT2D eigenvalue weighted by Crippen LogP contribution is 2.21. The summed E-state index contributed by atoms with van der Waals surface area (Å²) < 4.78 is 10.6. The molecule has 1 aliphatic rings. The van der Waals surface area contributed by atoms with Crippen LogP contribution in [-0.4, -0.2) is 39.8 Å². The average Bonchev–Trinajstić information content (AvgIpc) is 2.42. The van der Waals surface area contributed by atoms with Crippen LogP contribution in [-0.2, 0) is 22.4 Å². The average molecular weight is 349 g/mol. The summed E-state index contributed by atoms with van der Waals surface area (Å²) in [7, 11) is 0. The number of fused-ring (bicyclic) bond motifs is 1. The van der Waals surface area contributed by atoms with Crippen LogP contribution >= 0.6 is 0 Å². The van der Waals surface area contributed by atoms with Crippen LogP contribution in [0.5, 0.6) is 0 Å². The number of hydrogen-bond donors (Lipinski definition) is 1. The first-order valence-corrected chi connectivity index (χ1v) is 8.40. The quantitative estimate of drug-likeness (QED) is 0.836. The van der Waals surface area contributed by atoms with E-state index >= 15 is 0 Å². The number of carbonyl (C=O) groups excluding carboxylic acids is 2. The van der Waals surface area contributed by atoms with Crippen molar-refractivity contribution in [2.75, 3.05) is 11.9 Å². The van der Waals surface area contributed by atoms with E-state index in [1.165, 1.54) is 0 Å².